The van der Waals surface area contributed by atoms with Crippen molar-refractivity contribution in [2.45, 2.75) is 105 Å². The van der Waals surface area contributed by atoms with Crippen LogP contribution in [0.1, 0.15) is 127 Å². The van der Waals surface area contributed by atoms with Gasteiger partial charge < -0.3 is 22.8 Å². The molecule has 0 aliphatic heterocycles. The number of benzene rings is 4. The van der Waals surface area contributed by atoms with Gasteiger partial charge >= 0.3 is 17.2 Å². The van der Waals surface area contributed by atoms with Crippen molar-refractivity contribution in [3.63, 3.8) is 0 Å². The van der Waals surface area contributed by atoms with E-state index in [-0.39, 0.29) is 13.2 Å². The third-order valence-corrected chi connectivity index (χ3v) is 12.0. The normalized spacial score (nSPS) is 14.8. The second kappa shape index (κ2) is 22.9. The first kappa shape index (κ1) is 42.6. The molecule has 0 N–H and O–H groups in total. The average Bonchev–Trinajstić information content (AvgIpc) is 3.19. The number of ether oxygens (including phenoxy) is 1. The highest BCUT2D eigenvalue weighted by Gasteiger charge is 2.25. The Morgan fingerprint density at radius 1 is 0.377 bits per heavy atom. The molecule has 53 heavy (non-hydrogen) atoms. The fourth-order valence-corrected chi connectivity index (χ4v) is 7.71. The molecule has 0 radical (unpaired) electrons. The van der Waals surface area contributed by atoms with E-state index in [4.69, 9.17) is 31.9 Å². The van der Waals surface area contributed by atoms with Gasteiger partial charge in [-0.1, -0.05) is 128 Å². The maximum Gasteiger partial charge on any atom is 0.463 e. The first-order chi connectivity index (χ1) is 25.8. The Morgan fingerprint density at radius 3 is 0.868 bits per heavy atom. The minimum atomic E-state index is -1.77. The molecule has 7 nitrogen and oxygen atoms in total. The highest BCUT2D eigenvalue weighted by atomic mass is 31.2. The summed E-state index contributed by atoms with van der Waals surface area (Å²) in [6.07, 6.45) is 4.00. The van der Waals surface area contributed by atoms with Crippen LogP contribution < -0.4 is 18.1 Å². The van der Waals surface area contributed by atoms with Gasteiger partial charge in [0.15, 0.2) is 0 Å². The third-order valence-electron chi connectivity index (χ3n) is 9.79. The predicted molar refractivity (Wildman–Crippen MR) is 220 cm³/mol. The molecule has 0 saturated heterocycles. The first-order valence-corrected chi connectivity index (χ1v) is 21.5. The second-order valence-corrected chi connectivity index (χ2v) is 15.6. The van der Waals surface area contributed by atoms with Crippen molar-refractivity contribution in [2.24, 2.45) is 0 Å². The fourth-order valence-electron chi connectivity index (χ4n) is 5.67. The van der Waals surface area contributed by atoms with Crippen molar-refractivity contribution < 1.29 is 31.9 Å². The molecule has 0 saturated carbocycles. The van der Waals surface area contributed by atoms with E-state index in [1.807, 2.05) is 72.8 Å². The van der Waals surface area contributed by atoms with E-state index in [0.717, 1.165) is 70.9 Å². The van der Waals surface area contributed by atoms with E-state index in [2.05, 4.69) is 79.7 Å². The van der Waals surface area contributed by atoms with Crippen LogP contribution in [0.2, 0.25) is 0 Å². The minimum absolute atomic E-state index is 0.287. The first-order valence-electron chi connectivity index (χ1n) is 19.3. The summed E-state index contributed by atoms with van der Waals surface area (Å²) in [5, 5.41) is 0. The van der Waals surface area contributed by atoms with Crippen LogP contribution in [0.5, 0.6) is 23.0 Å². The van der Waals surface area contributed by atoms with Crippen LogP contribution in [0.15, 0.2) is 97.1 Å². The van der Waals surface area contributed by atoms with Crippen molar-refractivity contribution in [1.29, 1.82) is 0 Å². The number of para-hydroxylation sites is 4. The number of hydrogen-bond donors (Lipinski definition) is 0. The summed E-state index contributed by atoms with van der Waals surface area (Å²) in [6, 6.07) is 32.5. The highest BCUT2D eigenvalue weighted by Crippen LogP contribution is 2.47. The molecule has 0 aliphatic carbocycles. The molecule has 0 bridgehead atoms. The van der Waals surface area contributed by atoms with Crippen LogP contribution in [0.3, 0.4) is 0 Å². The SMILES string of the molecule is CCC(C)c1ccccc1OP(OCCOCCOP(Oc1ccccc1C(C)CC)Oc1ccccc1C(C)CC)Oc1ccccc1C(C)CC. The summed E-state index contributed by atoms with van der Waals surface area (Å²) in [6.45, 7) is 18.8. The van der Waals surface area contributed by atoms with Crippen LogP contribution >= 0.6 is 17.2 Å². The molecule has 0 amide bonds. The predicted octanol–water partition coefficient (Wildman–Crippen LogP) is 13.9. The Hall–Kier alpha value is -3.18. The molecule has 0 heterocycles. The highest BCUT2D eigenvalue weighted by molar-refractivity contribution is 7.42. The molecule has 0 spiro atoms. The van der Waals surface area contributed by atoms with Crippen LogP contribution in [-0.2, 0) is 13.8 Å². The third kappa shape index (κ3) is 13.0. The largest absolute Gasteiger partial charge is 0.463 e. The molecule has 9 heteroatoms. The van der Waals surface area contributed by atoms with Crippen LogP contribution in [0.4, 0.5) is 0 Å². The number of hydrogen-bond acceptors (Lipinski definition) is 7. The summed E-state index contributed by atoms with van der Waals surface area (Å²) < 4.78 is 44.5. The lowest BCUT2D eigenvalue weighted by atomic mass is 9.98. The molecule has 0 fully saturated rings. The van der Waals surface area contributed by atoms with Crippen LogP contribution in [0, 0.1) is 0 Å². The zero-order valence-corrected chi connectivity index (χ0v) is 34.7. The Morgan fingerprint density at radius 2 is 0.623 bits per heavy atom. The summed E-state index contributed by atoms with van der Waals surface area (Å²) in [5.74, 6) is 4.47. The van der Waals surface area contributed by atoms with Crippen molar-refractivity contribution in [2.75, 3.05) is 26.4 Å². The Labute approximate surface area is 321 Å². The van der Waals surface area contributed by atoms with E-state index in [0.29, 0.717) is 36.9 Å². The van der Waals surface area contributed by atoms with Gasteiger partial charge in [-0.2, -0.15) is 0 Å². The van der Waals surface area contributed by atoms with Gasteiger partial charge in [0.2, 0.25) is 0 Å². The number of rotatable bonds is 24. The van der Waals surface area contributed by atoms with Gasteiger partial charge in [0, 0.05) is 0 Å². The standard InChI is InChI=1S/C44H60O7P2/c1-9-33(5)37-21-13-17-25-41(37)48-52(49-42-26-18-14-22-38(42)34(6)10-2)46-31-29-45-30-32-47-53(50-43-27-19-15-23-39(43)35(7)11-3)51-44-28-20-16-24-40(44)36(8)12-4/h13-28,33-36H,9-12,29-32H2,1-8H3. The van der Waals surface area contributed by atoms with Crippen molar-refractivity contribution in [3.8, 4) is 23.0 Å². The van der Waals surface area contributed by atoms with Gasteiger partial charge in [-0.3, -0.25) is 9.05 Å². The van der Waals surface area contributed by atoms with E-state index in [1.165, 1.54) is 0 Å². The van der Waals surface area contributed by atoms with Crippen molar-refractivity contribution >= 4 is 17.2 Å². The maximum absolute atomic E-state index is 6.49. The zero-order valence-electron chi connectivity index (χ0n) is 33.0. The van der Waals surface area contributed by atoms with Gasteiger partial charge in [-0.15, -0.1) is 0 Å². The van der Waals surface area contributed by atoms with E-state index < -0.39 is 17.2 Å². The van der Waals surface area contributed by atoms with E-state index in [1.54, 1.807) is 0 Å². The molecule has 4 atom stereocenters. The van der Waals surface area contributed by atoms with Gasteiger partial charge in [0.25, 0.3) is 0 Å². The lowest BCUT2D eigenvalue weighted by Gasteiger charge is -2.23. The monoisotopic (exact) mass is 762 g/mol. The molecule has 4 aromatic carbocycles. The van der Waals surface area contributed by atoms with Crippen molar-refractivity contribution in [3.05, 3.63) is 119 Å². The Balaban J connectivity index is 1.40. The summed E-state index contributed by atoms with van der Waals surface area (Å²) in [7, 11) is -3.53. The molecular formula is C44H60O7P2. The van der Waals surface area contributed by atoms with Gasteiger partial charge in [0.05, 0.1) is 26.4 Å². The Bertz CT molecular complexity index is 1400. The molecule has 4 aromatic rings. The lowest BCUT2D eigenvalue weighted by molar-refractivity contribution is 0.0717. The molecule has 4 unspecified atom stereocenters. The van der Waals surface area contributed by atoms with Gasteiger partial charge in [0.1, 0.15) is 23.0 Å². The summed E-state index contributed by atoms with van der Waals surface area (Å²) in [5.41, 5.74) is 4.55. The molecule has 0 aliphatic rings. The van der Waals surface area contributed by atoms with Crippen molar-refractivity contribution in [1.82, 2.24) is 0 Å². The molecule has 0 aromatic heterocycles. The average molecular weight is 763 g/mol. The maximum atomic E-state index is 6.49. The van der Waals surface area contributed by atoms with Crippen LogP contribution in [0.25, 0.3) is 0 Å². The van der Waals surface area contributed by atoms with E-state index in [9.17, 15) is 0 Å². The van der Waals surface area contributed by atoms with Gasteiger partial charge in [-0.05, 0) is 95.9 Å². The molecule has 4 rings (SSSR count). The minimum Gasteiger partial charge on any atom is -0.417 e. The molecule has 288 valence electrons. The van der Waals surface area contributed by atoms with E-state index >= 15 is 0 Å². The zero-order chi connectivity index (χ0) is 38.0. The molecular weight excluding hydrogens is 702 g/mol. The summed E-state index contributed by atoms with van der Waals surface area (Å²) >= 11 is 0. The van der Waals surface area contributed by atoms with Crippen LogP contribution in [-0.4, -0.2) is 26.4 Å². The second-order valence-electron chi connectivity index (χ2n) is 13.5. The van der Waals surface area contributed by atoms with Gasteiger partial charge in [-0.25, -0.2) is 0 Å². The lowest BCUT2D eigenvalue weighted by Crippen LogP contribution is -2.11. The fraction of sp³-hybridized carbons (Fsp3) is 0.455. The summed E-state index contributed by atoms with van der Waals surface area (Å²) in [4.78, 5) is 0. The quantitative estimate of drug-likeness (QED) is 0.0520. The smallest absolute Gasteiger partial charge is 0.417 e. The topological polar surface area (TPSA) is 64.6 Å². The Kier molecular flexibility index (Phi) is 18.4.